The lowest BCUT2D eigenvalue weighted by Gasteiger charge is -2.15. The van der Waals surface area contributed by atoms with E-state index >= 15 is 0 Å². The summed E-state index contributed by atoms with van der Waals surface area (Å²) in [5, 5.41) is 5.32. The maximum Gasteiger partial charge on any atom is 0.323 e. The van der Waals surface area contributed by atoms with Crippen LogP contribution in [0.15, 0.2) is 23.9 Å². The zero-order valence-corrected chi connectivity index (χ0v) is 14.1. The molecule has 2 N–H and O–H groups in total. The van der Waals surface area contributed by atoms with E-state index in [1.807, 2.05) is 33.8 Å². The van der Waals surface area contributed by atoms with Gasteiger partial charge in [0.2, 0.25) is 0 Å². The Hall–Kier alpha value is -1.75. The Kier molecular flexibility index (Phi) is 7.18. The summed E-state index contributed by atoms with van der Waals surface area (Å²) in [6.07, 6.45) is 3.36. The molecule has 4 nitrogen and oxygen atoms in total. The van der Waals surface area contributed by atoms with Gasteiger partial charge in [-0.2, -0.15) is 0 Å². The second kappa shape index (κ2) is 8.63. The lowest BCUT2D eigenvalue weighted by Crippen LogP contribution is -2.28. The molecule has 0 radical (unpaired) electrons. The van der Waals surface area contributed by atoms with Crippen LogP contribution in [-0.4, -0.2) is 12.1 Å². The highest BCUT2D eigenvalue weighted by molar-refractivity contribution is 6.32. The molecule has 1 aromatic carbocycles. The average molecular weight is 329 g/mol. The van der Waals surface area contributed by atoms with Crippen molar-refractivity contribution < 1.29 is 13.9 Å². The molecule has 122 valence electrons. The highest BCUT2D eigenvalue weighted by Crippen LogP contribution is 2.31. The Bertz CT molecular complexity index is 559. The molecule has 22 heavy (non-hydrogen) atoms. The Balaban J connectivity index is 2.86. The van der Waals surface area contributed by atoms with Gasteiger partial charge in [-0.3, -0.25) is 0 Å². The predicted octanol–water partition coefficient (Wildman–Crippen LogP) is 5.09. The third-order valence-corrected chi connectivity index (χ3v) is 3.07. The molecule has 0 spiro atoms. The summed E-state index contributed by atoms with van der Waals surface area (Å²) in [5.74, 6) is -0.290. The van der Waals surface area contributed by atoms with Crippen molar-refractivity contribution in [3.63, 3.8) is 0 Å². The van der Waals surface area contributed by atoms with Gasteiger partial charge < -0.3 is 15.4 Å². The van der Waals surface area contributed by atoms with Gasteiger partial charge in [-0.15, -0.1) is 0 Å². The van der Waals surface area contributed by atoms with Crippen molar-refractivity contribution in [1.29, 1.82) is 0 Å². The molecule has 2 amide bonds. The molecule has 0 heterocycles. The van der Waals surface area contributed by atoms with E-state index in [2.05, 4.69) is 10.6 Å². The first-order chi connectivity index (χ1) is 10.4. The summed E-state index contributed by atoms with van der Waals surface area (Å²) < 4.78 is 19.4. The number of halogens is 2. The quantitative estimate of drug-likeness (QED) is 0.764. The minimum absolute atomic E-state index is 0.0181. The average Bonchev–Trinajstić information content (AvgIpc) is 2.43. The number of benzene rings is 1. The van der Waals surface area contributed by atoms with Crippen molar-refractivity contribution in [2.75, 3.05) is 5.32 Å². The fourth-order valence-electron chi connectivity index (χ4n) is 1.82. The van der Waals surface area contributed by atoms with Crippen LogP contribution in [0.1, 0.15) is 40.5 Å². The zero-order chi connectivity index (χ0) is 16.7. The molecule has 0 aliphatic rings. The molecule has 6 heteroatoms. The van der Waals surface area contributed by atoms with E-state index in [1.165, 1.54) is 6.07 Å². The first-order valence-electron chi connectivity index (χ1n) is 7.26. The summed E-state index contributed by atoms with van der Waals surface area (Å²) in [4.78, 5) is 11.9. The molecule has 0 saturated carbocycles. The Morgan fingerprint density at radius 3 is 2.68 bits per heavy atom. The molecule has 1 aromatic rings. The number of hydrogen-bond acceptors (Lipinski definition) is 2. The Morgan fingerprint density at radius 1 is 1.45 bits per heavy atom. The number of urea groups is 1. The number of allylic oxidation sites excluding steroid dienone is 2. The number of carbonyl (C=O) groups excluding carboxylic acids is 1. The number of hydrogen-bond donors (Lipinski definition) is 2. The van der Waals surface area contributed by atoms with Gasteiger partial charge in [0.25, 0.3) is 0 Å². The normalized spacial score (nSPS) is 11.5. The highest BCUT2D eigenvalue weighted by Gasteiger charge is 2.13. The first-order valence-corrected chi connectivity index (χ1v) is 7.64. The van der Waals surface area contributed by atoms with Crippen LogP contribution in [0, 0.1) is 5.82 Å². The van der Waals surface area contributed by atoms with Gasteiger partial charge in [-0.25, -0.2) is 9.18 Å². The van der Waals surface area contributed by atoms with Crippen LogP contribution in [0.2, 0.25) is 5.02 Å². The third-order valence-electron chi connectivity index (χ3n) is 2.77. The van der Waals surface area contributed by atoms with Crippen molar-refractivity contribution in [2.45, 2.75) is 46.6 Å². The Morgan fingerprint density at radius 2 is 2.14 bits per heavy atom. The molecule has 0 aliphatic carbocycles. The van der Waals surface area contributed by atoms with Crippen LogP contribution in [0.4, 0.5) is 14.9 Å². The smallest absolute Gasteiger partial charge is 0.323 e. The molecular weight excluding hydrogens is 307 g/mol. The maximum absolute atomic E-state index is 13.9. The zero-order valence-electron chi connectivity index (χ0n) is 13.3. The number of rotatable bonds is 6. The molecule has 0 aromatic heterocycles. The second-order valence-corrected chi connectivity index (χ2v) is 5.48. The fourth-order valence-corrected chi connectivity index (χ4v) is 2.01. The van der Waals surface area contributed by atoms with Gasteiger partial charge in [0.05, 0.1) is 16.8 Å². The van der Waals surface area contributed by atoms with E-state index in [0.717, 1.165) is 24.6 Å². The van der Waals surface area contributed by atoms with Crippen molar-refractivity contribution >= 4 is 23.3 Å². The van der Waals surface area contributed by atoms with Crippen LogP contribution in [-0.2, 0) is 0 Å². The van der Waals surface area contributed by atoms with Crippen molar-refractivity contribution in [2.24, 2.45) is 0 Å². The van der Waals surface area contributed by atoms with E-state index in [-0.39, 0.29) is 16.8 Å². The number of nitrogens with one attached hydrogen (secondary N) is 2. The van der Waals surface area contributed by atoms with Gasteiger partial charge in [0, 0.05) is 11.8 Å². The standard InChI is InChI=1S/C16H22ClFN2O2/c1-5-7-11(6-2)19-16(21)20-14-9-15(22-10(3)4)12(17)8-13(14)18/h6,8-10H,5,7H2,1-4H3,(H2,19,20,21). The number of anilines is 1. The summed E-state index contributed by atoms with van der Waals surface area (Å²) in [6.45, 7) is 7.52. The third kappa shape index (κ3) is 5.56. The van der Waals surface area contributed by atoms with E-state index in [1.54, 1.807) is 0 Å². The van der Waals surface area contributed by atoms with E-state index in [0.29, 0.717) is 5.75 Å². The lowest BCUT2D eigenvalue weighted by atomic mass is 10.2. The van der Waals surface area contributed by atoms with E-state index in [9.17, 15) is 9.18 Å². The second-order valence-electron chi connectivity index (χ2n) is 5.07. The van der Waals surface area contributed by atoms with Gasteiger partial charge in [-0.1, -0.05) is 31.0 Å². The van der Waals surface area contributed by atoms with Crippen LogP contribution < -0.4 is 15.4 Å². The molecule has 0 saturated heterocycles. The molecule has 0 fully saturated rings. The topological polar surface area (TPSA) is 50.4 Å². The molecule has 0 atom stereocenters. The SMILES string of the molecule is CC=C(CCC)NC(=O)Nc1cc(OC(C)C)c(Cl)cc1F. The van der Waals surface area contributed by atoms with Crippen molar-refractivity contribution in [1.82, 2.24) is 5.32 Å². The van der Waals surface area contributed by atoms with E-state index in [4.69, 9.17) is 16.3 Å². The molecule has 0 aliphatic heterocycles. The summed E-state index contributed by atoms with van der Waals surface area (Å²) in [5.41, 5.74) is 0.803. The number of carbonyl (C=O) groups is 1. The minimum Gasteiger partial charge on any atom is -0.489 e. The van der Waals surface area contributed by atoms with Gasteiger partial charge in [0.15, 0.2) is 0 Å². The monoisotopic (exact) mass is 328 g/mol. The van der Waals surface area contributed by atoms with E-state index < -0.39 is 11.8 Å². The number of amides is 2. The molecule has 0 bridgehead atoms. The highest BCUT2D eigenvalue weighted by atomic mass is 35.5. The Labute approximate surface area is 135 Å². The van der Waals surface area contributed by atoms with Crippen molar-refractivity contribution in [3.8, 4) is 5.75 Å². The van der Waals surface area contributed by atoms with Gasteiger partial charge in [0.1, 0.15) is 11.6 Å². The van der Waals surface area contributed by atoms with Crippen LogP contribution in [0.25, 0.3) is 0 Å². The summed E-state index contributed by atoms with van der Waals surface area (Å²) in [6, 6.07) is 2.00. The lowest BCUT2D eigenvalue weighted by molar-refractivity contribution is 0.242. The molecular formula is C16H22ClFN2O2. The molecule has 0 unspecified atom stereocenters. The van der Waals surface area contributed by atoms with Gasteiger partial charge in [-0.05, 0) is 33.3 Å². The fraction of sp³-hybridized carbons (Fsp3) is 0.438. The summed E-state index contributed by atoms with van der Waals surface area (Å²) >= 11 is 5.93. The maximum atomic E-state index is 13.9. The van der Waals surface area contributed by atoms with Crippen LogP contribution >= 0.6 is 11.6 Å². The van der Waals surface area contributed by atoms with Crippen molar-refractivity contribution in [3.05, 3.63) is 34.7 Å². The predicted molar refractivity (Wildman–Crippen MR) is 88.0 cm³/mol. The molecule has 1 rings (SSSR count). The first kappa shape index (κ1) is 18.3. The van der Waals surface area contributed by atoms with Crippen LogP contribution in [0.5, 0.6) is 5.75 Å². The van der Waals surface area contributed by atoms with Gasteiger partial charge >= 0.3 is 6.03 Å². The van der Waals surface area contributed by atoms with Crippen LogP contribution in [0.3, 0.4) is 0 Å². The summed E-state index contributed by atoms with van der Waals surface area (Å²) in [7, 11) is 0. The minimum atomic E-state index is -0.617. The largest absolute Gasteiger partial charge is 0.489 e. The number of ether oxygens (including phenoxy) is 1.